The summed E-state index contributed by atoms with van der Waals surface area (Å²) in [5, 5.41) is 16.4. The van der Waals surface area contributed by atoms with Crippen LogP contribution >= 0.6 is 0 Å². The van der Waals surface area contributed by atoms with E-state index < -0.39 is 10.9 Å². The number of rotatable bonds is 5. The van der Waals surface area contributed by atoms with Crippen LogP contribution in [-0.2, 0) is 9.53 Å². The first-order chi connectivity index (χ1) is 7.58. The highest BCUT2D eigenvalue weighted by atomic mass is 16.6. The standard InChI is InChI=1S/C8H12N4O4/c1-16-8(13)2-5(4-9)6-3-7(11-10-6)12(14)15/h3,5H,2,4,9H2,1H3,(H,10,11). The Hall–Kier alpha value is -1.96. The third-order valence-electron chi connectivity index (χ3n) is 2.12. The molecule has 0 aliphatic carbocycles. The van der Waals surface area contributed by atoms with E-state index >= 15 is 0 Å². The van der Waals surface area contributed by atoms with Crippen LogP contribution in [0.1, 0.15) is 18.0 Å². The van der Waals surface area contributed by atoms with E-state index in [9.17, 15) is 14.9 Å². The first-order valence-corrected chi connectivity index (χ1v) is 4.55. The zero-order chi connectivity index (χ0) is 12.1. The third kappa shape index (κ3) is 2.76. The van der Waals surface area contributed by atoms with E-state index in [1.165, 1.54) is 13.2 Å². The first kappa shape index (κ1) is 12.1. The lowest BCUT2D eigenvalue weighted by Gasteiger charge is -2.08. The van der Waals surface area contributed by atoms with Crippen LogP contribution in [0.25, 0.3) is 0 Å². The Morgan fingerprint density at radius 3 is 2.94 bits per heavy atom. The molecule has 0 aliphatic heterocycles. The summed E-state index contributed by atoms with van der Waals surface area (Å²) in [6.45, 7) is 0.164. The van der Waals surface area contributed by atoms with Crippen LogP contribution in [0.3, 0.4) is 0 Å². The van der Waals surface area contributed by atoms with Gasteiger partial charge in [-0.3, -0.25) is 4.79 Å². The van der Waals surface area contributed by atoms with Crippen molar-refractivity contribution < 1.29 is 14.5 Å². The van der Waals surface area contributed by atoms with Crippen molar-refractivity contribution in [1.82, 2.24) is 10.2 Å². The third-order valence-corrected chi connectivity index (χ3v) is 2.12. The van der Waals surface area contributed by atoms with E-state index in [2.05, 4.69) is 14.9 Å². The number of aromatic nitrogens is 2. The number of nitro groups is 1. The molecule has 1 aromatic rings. The van der Waals surface area contributed by atoms with Gasteiger partial charge in [0.15, 0.2) is 0 Å². The van der Waals surface area contributed by atoms with Crippen LogP contribution in [0.2, 0.25) is 0 Å². The normalized spacial score (nSPS) is 12.1. The summed E-state index contributed by atoms with van der Waals surface area (Å²) in [6.07, 6.45) is 0.0506. The second-order valence-electron chi connectivity index (χ2n) is 3.15. The van der Waals surface area contributed by atoms with Crippen molar-refractivity contribution >= 4 is 11.8 Å². The number of aromatic amines is 1. The van der Waals surface area contributed by atoms with Crippen LogP contribution < -0.4 is 5.73 Å². The summed E-state index contributed by atoms with van der Waals surface area (Å²) in [5.74, 6) is -1.03. The predicted octanol–water partition coefficient (Wildman–Crippen LogP) is -0.0767. The Bertz CT molecular complexity index is 389. The van der Waals surface area contributed by atoms with Gasteiger partial charge in [0.2, 0.25) is 0 Å². The minimum Gasteiger partial charge on any atom is -0.469 e. The smallest absolute Gasteiger partial charge is 0.342 e. The second-order valence-corrected chi connectivity index (χ2v) is 3.15. The Balaban J connectivity index is 2.78. The number of esters is 1. The van der Waals surface area contributed by atoms with Gasteiger partial charge in [0.05, 0.1) is 25.3 Å². The van der Waals surface area contributed by atoms with Crippen LogP contribution in [0, 0.1) is 10.1 Å². The zero-order valence-corrected chi connectivity index (χ0v) is 8.67. The summed E-state index contributed by atoms with van der Waals surface area (Å²) in [4.78, 5) is 20.9. The van der Waals surface area contributed by atoms with Crippen LogP contribution in [0.5, 0.6) is 0 Å². The van der Waals surface area contributed by atoms with Gasteiger partial charge in [-0.2, -0.15) is 0 Å². The average Bonchev–Trinajstić information content (AvgIpc) is 2.74. The molecule has 0 aromatic carbocycles. The molecule has 0 radical (unpaired) electrons. The molecule has 0 bridgehead atoms. The fourth-order valence-electron chi connectivity index (χ4n) is 1.22. The van der Waals surface area contributed by atoms with Gasteiger partial charge in [-0.05, 0) is 4.92 Å². The Morgan fingerprint density at radius 2 is 2.50 bits per heavy atom. The zero-order valence-electron chi connectivity index (χ0n) is 8.67. The molecule has 3 N–H and O–H groups in total. The maximum absolute atomic E-state index is 11.0. The number of hydrogen-bond acceptors (Lipinski definition) is 6. The van der Waals surface area contributed by atoms with Gasteiger partial charge in [0, 0.05) is 12.5 Å². The van der Waals surface area contributed by atoms with Gasteiger partial charge < -0.3 is 20.6 Å². The Kier molecular flexibility index (Phi) is 3.95. The molecule has 0 saturated heterocycles. The van der Waals surface area contributed by atoms with E-state index in [1.807, 2.05) is 0 Å². The number of nitrogens with zero attached hydrogens (tertiary/aromatic N) is 2. The molecule has 16 heavy (non-hydrogen) atoms. The van der Waals surface area contributed by atoms with Gasteiger partial charge in [-0.1, -0.05) is 5.10 Å². The molecule has 1 atom stereocenters. The molecule has 1 rings (SSSR count). The molecule has 0 aliphatic rings. The highest BCUT2D eigenvalue weighted by molar-refractivity contribution is 5.70. The topological polar surface area (TPSA) is 124 Å². The molecule has 88 valence electrons. The summed E-state index contributed by atoms with van der Waals surface area (Å²) in [7, 11) is 1.27. The molecule has 0 saturated carbocycles. The SMILES string of the molecule is COC(=O)CC(CN)c1cc([N+](=O)[O-])[nH]n1. The maximum Gasteiger partial charge on any atom is 0.342 e. The minimum absolute atomic E-state index is 0.0506. The average molecular weight is 228 g/mol. The Morgan fingerprint density at radius 1 is 1.81 bits per heavy atom. The van der Waals surface area contributed by atoms with Crippen molar-refractivity contribution in [1.29, 1.82) is 0 Å². The van der Waals surface area contributed by atoms with Gasteiger partial charge in [0.1, 0.15) is 0 Å². The second kappa shape index (κ2) is 5.21. The van der Waals surface area contributed by atoms with E-state index in [-0.39, 0.29) is 24.7 Å². The predicted molar refractivity (Wildman–Crippen MR) is 53.7 cm³/mol. The lowest BCUT2D eigenvalue weighted by molar-refractivity contribution is -0.389. The maximum atomic E-state index is 11.0. The van der Waals surface area contributed by atoms with Crippen LogP contribution in [-0.4, -0.2) is 34.7 Å². The monoisotopic (exact) mass is 228 g/mol. The minimum atomic E-state index is -0.595. The van der Waals surface area contributed by atoms with Gasteiger partial charge >= 0.3 is 11.8 Å². The number of H-pyrrole nitrogens is 1. The van der Waals surface area contributed by atoms with Crippen molar-refractivity contribution in [2.45, 2.75) is 12.3 Å². The molecular formula is C8H12N4O4. The van der Waals surface area contributed by atoms with Gasteiger partial charge in [0.25, 0.3) is 0 Å². The van der Waals surface area contributed by atoms with Crippen molar-refractivity contribution in [3.05, 3.63) is 21.9 Å². The summed E-state index contributed by atoms with van der Waals surface area (Å²) < 4.78 is 4.49. The van der Waals surface area contributed by atoms with Crippen molar-refractivity contribution in [2.24, 2.45) is 5.73 Å². The van der Waals surface area contributed by atoms with Crippen molar-refractivity contribution in [3.8, 4) is 0 Å². The van der Waals surface area contributed by atoms with E-state index in [4.69, 9.17) is 5.73 Å². The molecule has 1 aromatic heterocycles. The molecular weight excluding hydrogens is 216 g/mol. The quantitative estimate of drug-likeness (QED) is 0.412. The fraction of sp³-hybridized carbons (Fsp3) is 0.500. The number of methoxy groups -OCH3 is 1. The summed E-state index contributed by atoms with van der Waals surface area (Å²) >= 11 is 0. The van der Waals surface area contributed by atoms with Crippen molar-refractivity contribution in [3.63, 3.8) is 0 Å². The number of carbonyl (C=O) groups is 1. The number of nitrogens with two attached hydrogens (primary N) is 1. The van der Waals surface area contributed by atoms with Gasteiger partial charge in [-0.15, -0.1) is 5.10 Å². The number of hydrogen-bond donors (Lipinski definition) is 2. The lowest BCUT2D eigenvalue weighted by Crippen LogP contribution is -2.17. The van der Waals surface area contributed by atoms with Crippen LogP contribution in [0.4, 0.5) is 5.82 Å². The number of ether oxygens (including phenoxy) is 1. The van der Waals surface area contributed by atoms with E-state index in [1.54, 1.807) is 0 Å². The van der Waals surface area contributed by atoms with Gasteiger partial charge in [-0.25, -0.2) is 0 Å². The fourth-order valence-corrected chi connectivity index (χ4v) is 1.22. The van der Waals surface area contributed by atoms with E-state index in [0.717, 1.165) is 0 Å². The number of nitrogens with one attached hydrogen (secondary N) is 1. The number of carbonyl (C=O) groups excluding carboxylic acids is 1. The molecule has 0 spiro atoms. The molecule has 0 amide bonds. The molecule has 1 heterocycles. The highest BCUT2D eigenvalue weighted by Crippen LogP contribution is 2.20. The molecule has 8 nitrogen and oxygen atoms in total. The van der Waals surface area contributed by atoms with E-state index in [0.29, 0.717) is 5.69 Å². The van der Waals surface area contributed by atoms with Crippen molar-refractivity contribution in [2.75, 3.05) is 13.7 Å². The Labute approximate surface area is 90.9 Å². The summed E-state index contributed by atoms with van der Waals surface area (Å²) in [5.41, 5.74) is 5.85. The summed E-state index contributed by atoms with van der Waals surface area (Å²) in [6, 6.07) is 1.26. The highest BCUT2D eigenvalue weighted by Gasteiger charge is 2.21. The first-order valence-electron chi connectivity index (χ1n) is 4.55. The largest absolute Gasteiger partial charge is 0.469 e. The molecule has 8 heteroatoms. The molecule has 0 fully saturated rings. The molecule has 1 unspecified atom stereocenters. The van der Waals surface area contributed by atoms with Crippen LogP contribution in [0.15, 0.2) is 6.07 Å². The lowest BCUT2D eigenvalue weighted by atomic mass is 10.0.